The first kappa shape index (κ1) is 23.1. The van der Waals surface area contributed by atoms with Crippen LogP contribution in [-0.4, -0.2) is 36.5 Å². The summed E-state index contributed by atoms with van der Waals surface area (Å²) in [6.07, 6.45) is 1.68. The fourth-order valence-electron chi connectivity index (χ4n) is 2.97. The highest BCUT2D eigenvalue weighted by molar-refractivity contribution is 7.92. The van der Waals surface area contributed by atoms with Crippen LogP contribution < -0.4 is 4.72 Å². The van der Waals surface area contributed by atoms with Gasteiger partial charge in [-0.3, -0.25) is 4.72 Å². The summed E-state index contributed by atoms with van der Waals surface area (Å²) < 4.78 is 34.1. The van der Waals surface area contributed by atoms with Crippen LogP contribution in [-0.2, 0) is 21.2 Å². The van der Waals surface area contributed by atoms with Crippen LogP contribution in [0.25, 0.3) is 5.69 Å². The average Bonchev–Trinajstić information content (AvgIpc) is 3.11. The van der Waals surface area contributed by atoms with Crippen LogP contribution in [0.15, 0.2) is 48.7 Å². The van der Waals surface area contributed by atoms with Crippen LogP contribution in [0.5, 0.6) is 0 Å². The predicted octanol–water partition coefficient (Wildman–Crippen LogP) is 4.65. The molecule has 2 aromatic carbocycles. The number of aryl methyl sites for hydroxylation is 1. The molecule has 0 unspecified atom stereocenters. The molecule has 1 N–H and O–H groups in total. The van der Waals surface area contributed by atoms with Crippen molar-refractivity contribution in [3.8, 4) is 5.69 Å². The topological polar surface area (TPSA) is 90.3 Å². The molecule has 0 radical (unpaired) electrons. The first-order chi connectivity index (χ1) is 14.7. The lowest BCUT2D eigenvalue weighted by molar-refractivity contribution is 0.0525. The molecule has 0 aliphatic rings. The molecule has 0 aliphatic heterocycles. The van der Waals surface area contributed by atoms with E-state index < -0.39 is 16.0 Å². The van der Waals surface area contributed by atoms with Gasteiger partial charge in [0, 0.05) is 5.69 Å². The number of nitrogens with zero attached hydrogens (tertiary/aromatic N) is 2. The molecule has 0 bridgehead atoms. The Morgan fingerprint density at radius 2 is 1.87 bits per heavy atom. The van der Waals surface area contributed by atoms with E-state index in [2.05, 4.69) is 9.82 Å². The van der Waals surface area contributed by atoms with Gasteiger partial charge in [-0.1, -0.05) is 35.3 Å². The summed E-state index contributed by atoms with van der Waals surface area (Å²) in [6, 6.07) is 11.8. The fraction of sp³-hybridized carbons (Fsp3) is 0.238. The maximum atomic E-state index is 12.5. The van der Waals surface area contributed by atoms with E-state index in [-0.39, 0.29) is 18.8 Å². The lowest BCUT2D eigenvalue weighted by atomic mass is 10.2. The number of rotatable bonds is 8. The van der Waals surface area contributed by atoms with Crippen molar-refractivity contribution in [1.29, 1.82) is 0 Å². The molecule has 0 spiro atoms. The molecule has 3 aromatic rings. The molecule has 0 fully saturated rings. The zero-order valence-electron chi connectivity index (χ0n) is 16.9. The molecule has 31 heavy (non-hydrogen) atoms. The quantitative estimate of drug-likeness (QED) is 0.472. The van der Waals surface area contributed by atoms with Crippen molar-refractivity contribution >= 4 is 44.9 Å². The Balaban J connectivity index is 1.69. The third kappa shape index (κ3) is 5.58. The molecule has 0 amide bonds. The van der Waals surface area contributed by atoms with Crippen molar-refractivity contribution < 1.29 is 17.9 Å². The molecule has 0 saturated carbocycles. The highest BCUT2D eigenvalue weighted by atomic mass is 35.5. The van der Waals surface area contributed by atoms with Crippen LogP contribution in [0.1, 0.15) is 28.5 Å². The number of esters is 1. The maximum absolute atomic E-state index is 12.5. The highest BCUT2D eigenvalue weighted by Crippen LogP contribution is 2.26. The lowest BCUT2D eigenvalue weighted by Gasteiger charge is -2.11. The van der Waals surface area contributed by atoms with Crippen molar-refractivity contribution in [1.82, 2.24) is 9.78 Å². The Morgan fingerprint density at radius 1 is 1.16 bits per heavy atom. The van der Waals surface area contributed by atoms with Gasteiger partial charge >= 0.3 is 5.97 Å². The molecule has 7 nitrogen and oxygen atoms in total. The Labute approximate surface area is 191 Å². The minimum Gasteiger partial charge on any atom is -0.462 e. The normalized spacial score (nSPS) is 11.4. The number of aromatic nitrogens is 2. The standard InChI is InChI=1S/C21H21Cl2N3O4S/c1-3-30-21(27)18-13-24-26(14(18)2)17-9-7-16(8-10-17)25-31(28,29)12-11-15-5-4-6-19(22)20(15)23/h4-10,13,25H,3,11-12H2,1-2H3. The molecule has 10 heteroatoms. The van der Waals surface area contributed by atoms with Crippen LogP contribution >= 0.6 is 23.2 Å². The van der Waals surface area contributed by atoms with Crippen LogP contribution in [0.4, 0.5) is 5.69 Å². The first-order valence-corrected chi connectivity index (χ1v) is 11.9. The van der Waals surface area contributed by atoms with Gasteiger partial charge in [-0.15, -0.1) is 0 Å². The summed E-state index contributed by atoms with van der Waals surface area (Å²) in [7, 11) is -3.60. The van der Waals surface area contributed by atoms with E-state index in [1.54, 1.807) is 61.0 Å². The van der Waals surface area contributed by atoms with E-state index >= 15 is 0 Å². The Bertz CT molecular complexity index is 1190. The van der Waals surface area contributed by atoms with Gasteiger partial charge in [0.25, 0.3) is 0 Å². The van der Waals surface area contributed by atoms with Gasteiger partial charge < -0.3 is 4.74 Å². The summed E-state index contributed by atoms with van der Waals surface area (Å²) in [5.41, 5.74) is 2.77. The smallest absolute Gasteiger partial charge is 0.341 e. The summed E-state index contributed by atoms with van der Waals surface area (Å²) in [4.78, 5) is 12.0. The number of benzene rings is 2. The van der Waals surface area contributed by atoms with E-state index in [0.29, 0.717) is 38.2 Å². The van der Waals surface area contributed by atoms with E-state index in [0.717, 1.165) is 0 Å². The molecular weight excluding hydrogens is 461 g/mol. The fourth-order valence-corrected chi connectivity index (χ4v) is 4.47. The number of hydrogen-bond acceptors (Lipinski definition) is 5. The van der Waals surface area contributed by atoms with Gasteiger partial charge in [-0.2, -0.15) is 5.10 Å². The van der Waals surface area contributed by atoms with Gasteiger partial charge in [0.1, 0.15) is 5.56 Å². The summed E-state index contributed by atoms with van der Waals surface area (Å²) in [6.45, 7) is 3.78. The average molecular weight is 482 g/mol. The summed E-state index contributed by atoms with van der Waals surface area (Å²) >= 11 is 12.1. The molecule has 0 aliphatic carbocycles. The Hall–Kier alpha value is -2.55. The van der Waals surface area contributed by atoms with Crippen LogP contribution in [0, 0.1) is 6.92 Å². The third-order valence-corrected chi connectivity index (χ3v) is 6.71. The van der Waals surface area contributed by atoms with Gasteiger partial charge in [-0.05, 0) is 56.2 Å². The molecule has 1 heterocycles. The van der Waals surface area contributed by atoms with Crippen molar-refractivity contribution in [2.24, 2.45) is 0 Å². The lowest BCUT2D eigenvalue weighted by Crippen LogP contribution is -2.18. The number of sulfonamides is 1. The minimum atomic E-state index is -3.60. The van der Waals surface area contributed by atoms with Crippen molar-refractivity contribution in [3.63, 3.8) is 0 Å². The third-order valence-electron chi connectivity index (χ3n) is 4.56. The van der Waals surface area contributed by atoms with Gasteiger partial charge in [0.2, 0.25) is 10.0 Å². The minimum absolute atomic E-state index is 0.143. The number of ether oxygens (including phenoxy) is 1. The van der Waals surface area contributed by atoms with Gasteiger partial charge in [0.15, 0.2) is 0 Å². The number of hydrogen-bond donors (Lipinski definition) is 1. The monoisotopic (exact) mass is 481 g/mol. The largest absolute Gasteiger partial charge is 0.462 e. The van der Waals surface area contributed by atoms with E-state index in [1.807, 2.05) is 0 Å². The van der Waals surface area contributed by atoms with Gasteiger partial charge in [-0.25, -0.2) is 17.9 Å². The van der Waals surface area contributed by atoms with Crippen molar-refractivity contribution in [2.75, 3.05) is 17.1 Å². The second kappa shape index (κ2) is 9.72. The molecule has 3 rings (SSSR count). The second-order valence-electron chi connectivity index (χ2n) is 6.71. The second-order valence-corrected chi connectivity index (χ2v) is 9.33. The predicted molar refractivity (Wildman–Crippen MR) is 122 cm³/mol. The molecule has 0 atom stereocenters. The number of carbonyl (C=O) groups is 1. The SMILES string of the molecule is CCOC(=O)c1cnn(-c2ccc(NS(=O)(=O)CCc3cccc(Cl)c3Cl)cc2)c1C. The van der Waals surface area contributed by atoms with E-state index in [4.69, 9.17) is 27.9 Å². The van der Waals surface area contributed by atoms with Crippen molar-refractivity contribution in [3.05, 3.63) is 75.5 Å². The summed E-state index contributed by atoms with van der Waals surface area (Å²) in [5.74, 6) is -0.578. The van der Waals surface area contributed by atoms with E-state index in [9.17, 15) is 13.2 Å². The van der Waals surface area contributed by atoms with Gasteiger partial charge in [0.05, 0.1) is 40.0 Å². The highest BCUT2D eigenvalue weighted by Gasteiger charge is 2.17. The molecule has 1 aromatic heterocycles. The Kier molecular flexibility index (Phi) is 7.25. The number of carbonyl (C=O) groups excluding carboxylic acids is 1. The molecular formula is C21H21Cl2N3O4S. The number of nitrogens with one attached hydrogen (secondary N) is 1. The number of halogens is 2. The van der Waals surface area contributed by atoms with Crippen LogP contribution in [0.2, 0.25) is 10.0 Å². The van der Waals surface area contributed by atoms with Crippen molar-refractivity contribution in [2.45, 2.75) is 20.3 Å². The molecule has 0 saturated heterocycles. The van der Waals surface area contributed by atoms with Crippen LogP contribution in [0.3, 0.4) is 0 Å². The maximum Gasteiger partial charge on any atom is 0.341 e. The zero-order chi connectivity index (χ0) is 22.6. The van der Waals surface area contributed by atoms with E-state index in [1.165, 1.54) is 6.20 Å². The summed E-state index contributed by atoms with van der Waals surface area (Å²) in [5, 5.41) is 4.98. The number of anilines is 1. The Morgan fingerprint density at radius 3 is 2.55 bits per heavy atom. The zero-order valence-corrected chi connectivity index (χ0v) is 19.3. The molecule has 164 valence electrons. The first-order valence-electron chi connectivity index (χ1n) is 9.47.